The zero-order valence-electron chi connectivity index (χ0n) is 11.0. The molecule has 0 amide bonds. The van der Waals surface area contributed by atoms with E-state index in [1.165, 1.54) is 25.3 Å². The molecular formula is C14H18O4. The smallest absolute Gasteiger partial charge is 0.305 e. The number of carbonyl (C=O) groups excluding carboxylic acids is 3. The van der Waals surface area contributed by atoms with E-state index in [2.05, 4.69) is 4.74 Å². The van der Waals surface area contributed by atoms with E-state index in [0.717, 1.165) is 0 Å². The first-order valence-corrected chi connectivity index (χ1v) is 5.92. The molecule has 0 unspecified atom stereocenters. The Morgan fingerprint density at radius 3 is 2.56 bits per heavy atom. The van der Waals surface area contributed by atoms with Gasteiger partial charge in [-0.25, -0.2) is 0 Å². The second kappa shape index (κ2) is 5.76. The number of hydrogen-bond donors (Lipinski definition) is 0. The Bertz CT molecular complexity index is 427. The van der Waals surface area contributed by atoms with Gasteiger partial charge in [0.15, 0.2) is 11.6 Å². The summed E-state index contributed by atoms with van der Waals surface area (Å²) in [4.78, 5) is 34.1. The Balaban J connectivity index is 2.65. The maximum atomic E-state index is 11.7. The molecule has 98 valence electrons. The van der Waals surface area contributed by atoms with E-state index >= 15 is 0 Å². The lowest BCUT2D eigenvalue weighted by Gasteiger charge is -2.27. The SMILES string of the molecule is COC(=O)CCCC(C)(C)C1=CC(=O)C=CC1=O. The highest BCUT2D eigenvalue weighted by Gasteiger charge is 2.29. The van der Waals surface area contributed by atoms with Crippen molar-refractivity contribution in [3.8, 4) is 0 Å². The van der Waals surface area contributed by atoms with Crippen LogP contribution in [0.5, 0.6) is 0 Å². The van der Waals surface area contributed by atoms with Crippen LogP contribution < -0.4 is 0 Å². The zero-order chi connectivity index (χ0) is 13.8. The molecule has 0 aromatic carbocycles. The molecule has 0 heterocycles. The van der Waals surface area contributed by atoms with Gasteiger partial charge in [-0.2, -0.15) is 0 Å². The topological polar surface area (TPSA) is 60.4 Å². The second-order valence-corrected chi connectivity index (χ2v) is 4.97. The lowest BCUT2D eigenvalue weighted by Crippen LogP contribution is -2.23. The molecule has 0 aromatic rings. The number of allylic oxidation sites excluding steroid dienone is 4. The fourth-order valence-corrected chi connectivity index (χ4v) is 1.95. The van der Waals surface area contributed by atoms with Gasteiger partial charge >= 0.3 is 5.97 Å². The molecule has 0 bridgehead atoms. The molecule has 0 spiro atoms. The minimum Gasteiger partial charge on any atom is -0.469 e. The van der Waals surface area contributed by atoms with Crippen LogP contribution in [0.15, 0.2) is 23.8 Å². The predicted molar refractivity (Wildman–Crippen MR) is 66.9 cm³/mol. The van der Waals surface area contributed by atoms with E-state index in [9.17, 15) is 14.4 Å². The van der Waals surface area contributed by atoms with Crippen molar-refractivity contribution in [2.75, 3.05) is 7.11 Å². The number of ether oxygens (including phenoxy) is 1. The molecule has 0 aromatic heterocycles. The molecule has 0 saturated heterocycles. The van der Waals surface area contributed by atoms with Gasteiger partial charge in [0.25, 0.3) is 0 Å². The number of hydrogen-bond acceptors (Lipinski definition) is 4. The van der Waals surface area contributed by atoms with Crippen molar-refractivity contribution in [1.82, 2.24) is 0 Å². The van der Waals surface area contributed by atoms with E-state index in [4.69, 9.17) is 0 Å². The third-order valence-corrected chi connectivity index (χ3v) is 3.09. The lowest BCUT2D eigenvalue weighted by atomic mass is 9.76. The van der Waals surface area contributed by atoms with Crippen LogP contribution in [-0.4, -0.2) is 24.6 Å². The monoisotopic (exact) mass is 250 g/mol. The highest BCUT2D eigenvalue weighted by Crippen LogP contribution is 2.34. The largest absolute Gasteiger partial charge is 0.469 e. The maximum absolute atomic E-state index is 11.7. The van der Waals surface area contributed by atoms with E-state index in [0.29, 0.717) is 24.8 Å². The third kappa shape index (κ3) is 3.65. The fraction of sp³-hybridized carbons (Fsp3) is 0.500. The van der Waals surface area contributed by atoms with Crippen molar-refractivity contribution < 1.29 is 19.1 Å². The van der Waals surface area contributed by atoms with Crippen LogP contribution >= 0.6 is 0 Å². The first-order chi connectivity index (χ1) is 8.36. The first-order valence-electron chi connectivity index (χ1n) is 5.92. The van der Waals surface area contributed by atoms with Crippen LogP contribution in [0.1, 0.15) is 33.1 Å². The number of ketones is 2. The molecule has 18 heavy (non-hydrogen) atoms. The van der Waals surface area contributed by atoms with Gasteiger partial charge in [0, 0.05) is 12.0 Å². The van der Waals surface area contributed by atoms with Crippen molar-refractivity contribution in [2.45, 2.75) is 33.1 Å². The third-order valence-electron chi connectivity index (χ3n) is 3.09. The quantitative estimate of drug-likeness (QED) is 0.553. The number of rotatable bonds is 5. The molecular weight excluding hydrogens is 232 g/mol. The summed E-state index contributed by atoms with van der Waals surface area (Å²) in [6.07, 6.45) is 5.57. The minimum absolute atomic E-state index is 0.127. The first kappa shape index (κ1) is 14.4. The van der Waals surface area contributed by atoms with E-state index in [1.807, 2.05) is 13.8 Å². The lowest BCUT2D eigenvalue weighted by molar-refractivity contribution is -0.140. The van der Waals surface area contributed by atoms with Gasteiger partial charge in [-0.3, -0.25) is 14.4 Å². The molecule has 0 radical (unpaired) electrons. The Morgan fingerprint density at radius 1 is 1.28 bits per heavy atom. The number of esters is 1. The van der Waals surface area contributed by atoms with Crippen LogP contribution in [0.25, 0.3) is 0 Å². The van der Waals surface area contributed by atoms with Gasteiger partial charge in [0.2, 0.25) is 0 Å². The van der Waals surface area contributed by atoms with Crippen molar-refractivity contribution in [3.63, 3.8) is 0 Å². The van der Waals surface area contributed by atoms with E-state index in [-0.39, 0.29) is 17.5 Å². The van der Waals surface area contributed by atoms with Crippen LogP contribution in [0.2, 0.25) is 0 Å². The summed E-state index contributed by atoms with van der Waals surface area (Å²) in [5.74, 6) is -0.547. The van der Waals surface area contributed by atoms with E-state index < -0.39 is 5.41 Å². The summed E-state index contributed by atoms with van der Waals surface area (Å²) in [5.41, 5.74) is 0.103. The van der Waals surface area contributed by atoms with Crippen LogP contribution in [-0.2, 0) is 19.1 Å². The van der Waals surface area contributed by atoms with Gasteiger partial charge in [-0.15, -0.1) is 0 Å². The van der Waals surface area contributed by atoms with Gasteiger partial charge in [-0.05, 0) is 36.5 Å². The number of methoxy groups -OCH3 is 1. The normalized spacial score (nSPS) is 15.6. The van der Waals surface area contributed by atoms with Crippen LogP contribution in [0, 0.1) is 5.41 Å². The van der Waals surface area contributed by atoms with Crippen molar-refractivity contribution >= 4 is 17.5 Å². The molecule has 0 atom stereocenters. The second-order valence-electron chi connectivity index (χ2n) is 4.97. The minimum atomic E-state index is -0.411. The molecule has 4 heteroatoms. The van der Waals surface area contributed by atoms with Crippen molar-refractivity contribution in [2.24, 2.45) is 5.41 Å². The summed E-state index contributed by atoms with van der Waals surface area (Å²) in [6, 6.07) is 0. The van der Waals surface area contributed by atoms with Crippen molar-refractivity contribution in [1.29, 1.82) is 0 Å². The molecule has 4 nitrogen and oxygen atoms in total. The van der Waals surface area contributed by atoms with Crippen LogP contribution in [0.3, 0.4) is 0 Å². The average molecular weight is 250 g/mol. The van der Waals surface area contributed by atoms with E-state index in [1.54, 1.807) is 0 Å². The summed E-state index contributed by atoms with van der Waals surface area (Å²) >= 11 is 0. The zero-order valence-corrected chi connectivity index (χ0v) is 11.0. The highest BCUT2D eigenvalue weighted by molar-refractivity contribution is 6.17. The molecule has 1 aliphatic carbocycles. The molecule has 1 rings (SSSR count). The molecule has 0 fully saturated rings. The Labute approximate surface area is 107 Å². The maximum Gasteiger partial charge on any atom is 0.305 e. The predicted octanol–water partition coefficient (Wildman–Crippen LogP) is 1.99. The highest BCUT2D eigenvalue weighted by atomic mass is 16.5. The van der Waals surface area contributed by atoms with Gasteiger partial charge in [-0.1, -0.05) is 13.8 Å². The van der Waals surface area contributed by atoms with Crippen molar-refractivity contribution in [3.05, 3.63) is 23.8 Å². The van der Waals surface area contributed by atoms with Crippen LogP contribution in [0.4, 0.5) is 0 Å². The standard InChI is InChI=1S/C14H18O4/c1-14(2,8-4-5-13(17)18-3)11-9-10(15)6-7-12(11)16/h6-7,9H,4-5,8H2,1-3H3. The average Bonchev–Trinajstić information content (AvgIpc) is 2.31. The summed E-state index contributed by atoms with van der Waals surface area (Å²) in [5, 5.41) is 0. The molecule has 0 N–H and O–H groups in total. The summed E-state index contributed by atoms with van der Waals surface area (Å²) in [7, 11) is 1.35. The fourth-order valence-electron chi connectivity index (χ4n) is 1.95. The Hall–Kier alpha value is -1.71. The summed E-state index contributed by atoms with van der Waals surface area (Å²) in [6.45, 7) is 3.81. The summed E-state index contributed by atoms with van der Waals surface area (Å²) < 4.78 is 4.56. The molecule has 0 saturated carbocycles. The number of carbonyl (C=O) groups is 3. The molecule has 1 aliphatic rings. The van der Waals surface area contributed by atoms with Gasteiger partial charge in [0.05, 0.1) is 7.11 Å². The Morgan fingerprint density at radius 2 is 1.94 bits per heavy atom. The molecule has 0 aliphatic heterocycles. The van der Waals surface area contributed by atoms with Gasteiger partial charge in [0.1, 0.15) is 0 Å². The van der Waals surface area contributed by atoms with Gasteiger partial charge < -0.3 is 4.74 Å². The Kier molecular flexibility index (Phi) is 4.59.